The summed E-state index contributed by atoms with van der Waals surface area (Å²) in [5, 5.41) is 1.78. The largest absolute Gasteiger partial charge is 0.367 e. The van der Waals surface area contributed by atoms with E-state index in [9.17, 15) is 0 Å². The molecule has 1 saturated carbocycles. The van der Waals surface area contributed by atoms with Crippen LogP contribution in [0.1, 0.15) is 24.8 Å². The SMILES string of the molecule is Clc1cc(CBr)ccc1N1CC2CCC1C2. The highest BCUT2D eigenvalue weighted by Gasteiger charge is 2.38. The third-order valence-electron chi connectivity index (χ3n) is 3.89. The number of piperidine rings is 1. The van der Waals surface area contributed by atoms with Crippen LogP contribution in [0.25, 0.3) is 0 Å². The third-order valence-corrected chi connectivity index (χ3v) is 4.84. The molecule has 2 bridgehead atoms. The minimum absolute atomic E-state index is 0.748. The van der Waals surface area contributed by atoms with E-state index < -0.39 is 0 Å². The number of rotatable bonds is 2. The Morgan fingerprint density at radius 1 is 1.38 bits per heavy atom. The lowest BCUT2D eigenvalue weighted by Gasteiger charge is -2.30. The Kier molecular flexibility index (Phi) is 2.88. The van der Waals surface area contributed by atoms with Crippen molar-refractivity contribution in [2.45, 2.75) is 30.6 Å². The predicted molar refractivity (Wildman–Crippen MR) is 72.6 cm³/mol. The van der Waals surface area contributed by atoms with Crippen molar-refractivity contribution in [3.63, 3.8) is 0 Å². The Balaban J connectivity index is 1.89. The minimum Gasteiger partial charge on any atom is -0.367 e. The van der Waals surface area contributed by atoms with Gasteiger partial charge in [-0.15, -0.1) is 0 Å². The fourth-order valence-electron chi connectivity index (χ4n) is 3.09. The molecule has 3 heteroatoms. The fraction of sp³-hybridized carbons (Fsp3) is 0.538. The van der Waals surface area contributed by atoms with Crippen molar-refractivity contribution in [1.29, 1.82) is 0 Å². The first-order chi connectivity index (χ1) is 7.78. The summed E-state index contributed by atoms with van der Waals surface area (Å²) in [6.45, 7) is 1.21. The number of hydrogen-bond donors (Lipinski definition) is 0. The zero-order chi connectivity index (χ0) is 11.1. The minimum atomic E-state index is 0.748. The molecule has 1 heterocycles. The van der Waals surface area contributed by atoms with Gasteiger partial charge in [-0.3, -0.25) is 0 Å². The molecular formula is C13H15BrClN. The number of hydrogen-bond acceptors (Lipinski definition) is 1. The lowest BCUT2D eigenvalue weighted by Crippen LogP contribution is -2.31. The second kappa shape index (κ2) is 4.23. The molecule has 16 heavy (non-hydrogen) atoms. The summed E-state index contributed by atoms with van der Waals surface area (Å²) in [5.74, 6) is 0.914. The molecular weight excluding hydrogens is 286 g/mol. The number of alkyl halides is 1. The van der Waals surface area contributed by atoms with Gasteiger partial charge in [-0.25, -0.2) is 0 Å². The molecule has 0 N–H and O–H groups in total. The number of anilines is 1. The summed E-state index contributed by atoms with van der Waals surface area (Å²) < 4.78 is 0. The summed E-state index contributed by atoms with van der Waals surface area (Å²) in [4.78, 5) is 2.51. The van der Waals surface area contributed by atoms with Gasteiger partial charge in [-0.2, -0.15) is 0 Å². The van der Waals surface area contributed by atoms with E-state index in [-0.39, 0.29) is 0 Å². The number of nitrogens with zero attached hydrogens (tertiary/aromatic N) is 1. The molecule has 2 aliphatic rings. The molecule has 86 valence electrons. The van der Waals surface area contributed by atoms with E-state index >= 15 is 0 Å². The second-order valence-electron chi connectivity index (χ2n) is 4.90. The Bertz CT molecular complexity index is 407. The fourth-order valence-corrected chi connectivity index (χ4v) is 3.75. The zero-order valence-electron chi connectivity index (χ0n) is 9.13. The van der Waals surface area contributed by atoms with Gasteiger partial charge in [-0.1, -0.05) is 33.6 Å². The van der Waals surface area contributed by atoms with Crippen LogP contribution in [0.15, 0.2) is 18.2 Å². The molecule has 2 atom stereocenters. The van der Waals surface area contributed by atoms with Crippen molar-refractivity contribution in [2.75, 3.05) is 11.4 Å². The molecule has 1 aliphatic heterocycles. The Morgan fingerprint density at radius 3 is 2.81 bits per heavy atom. The zero-order valence-corrected chi connectivity index (χ0v) is 11.5. The summed E-state index contributed by atoms with van der Waals surface area (Å²) >= 11 is 9.82. The number of halogens is 2. The van der Waals surface area contributed by atoms with Crippen LogP contribution < -0.4 is 4.90 Å². The van der Waals surface area contributed by atoms with Gasteiger partial charge in [-0.05, 0) is 42.9 Å². The molecule has 0 aromatic heterocycles. The topological polar surface area (TPSA) is 3.24 Å². The Labute approximate surface area is 110 Å². The average Bonchev–Trinajstić information content (AvgIpc) is 2.90. The van der Waals surface area contributed by atoms with Gasteiger partial charge in [0.25, 0.3) is 0 Å². The standard InChI is InChI=1S/C13H15BrClN/c14-7-9-2-4-13(12(15)6-9)16-8-10-1-3-11(16)5-10/h2,4,6,10-11H,1,3,5,7-8H2. The van der Waals surface area contributed by atoms with Gasteiger partial charge in [0, 0.05) is 17.9 Å². The van der Waals surface area contributed by atoms with E-state index in [0.29, 0.717) is 0 Å². The number of benzene rings is 1. The van der Waals surface area contributed by atoms with E-state index in [4.69, 9.17) is 11.6 Å². The molecule has 0 amide bonds. The summed E-state index contributed by atoms with van der Waals surface area (Å²) in [5.41, 5.74) is 2.48. The summed E-state index contributed by atoms with van der Waals surface area (Å²) in [6, 6.07) is 7.18. The quantitative estimate of drug-likeness (QED) is 0.739. The molecule has 1 aromatic carbocycles. The molecule has 2 fully saturated rings. The van der Waals surface area contributed by atoms with E-state index in [1.54, 1.807) is 0 Å². The lowest BCUT2D eigenvalue weighted by atomic mass is 10.1. The summed E-state index contributed by atoms with van der Waals surface area (Å²) in [7, 11) is 0. The molecule has 1 aromatic rings. The van der Waals surface area contributed by atoms with Crippen LogP contribution in [0.3, 0.4) is 0 Å². The van der Waals surface area contributed by atoms with Crippen molar-refractivity contribution in [3.05, 3.63) is 28.8 Å². The highest BCUT2D eigenvalue weighted by Crippen LogP contribution is 2.42. The highest BCUT2D eigenvalue weighted by molar-refractivity contribution is 9.08. The Morgan fingerprint density at radius 2 is 2.25 bits per heavy atom. The first kappa shape index (κ1) is 10.9. The van der Waals surface area contributed by atoms with Gasteiger partial charge < -0.3 is 4.90 Å². The van der Waals surface area contributed by atoms with Gasteiger partial charge in [0.1, 0.15) is 0 Å². The monoisotopic (exact) mass is 299 g/mol. The normalized spacial score (nSPS) is 27.8. The van der Waals surface area contributed by atoms with Crippen LogP contribution in [0.2, 0.25) is 5.02 Å². The molecule has 2 unspecified atom stereocenters. The van der Waals surface area contributed by atoms with Crippen LogP contribution in [-0.4, -0.2) is 12.6 Å². The van der Waals surface area contributed by atoms with E-state index in [1.807, 2.05) is 0 Å². The van der Waals surface area contributed by atoms with Gasteiger partial charge in [0.2, 0.25) is 0 Å². The van der Waals surface area contributed by atoms with E-state index in [2.05, 4.69) is 39.0 Å². The lowest BCUT2D eigenvalue weighted by molar-refractivity contribution is 0.553. The van der Waals surface area contributed by atoms with Gasteiger partial charge in [0.15, 0.2) is 0 Å². The van der Waals surface area contributed by atoms with Gasteiger partial charge in [0.05, 0.1) is 10.7 Å². The molecule has 0 spiro atoms. The Hall–Kier alpha value is -0.210. The first-order valence-corrected chi connectivity index (χ1v) is 7.39. The molecule has 1 nitrogen and oxygen atoms in total. The van der Waals surface area contributed by atoms with Crippen LogP contribution >= 0.6 is 27.5 Å². The average molecular weight is 301 g/mol. The molecule has 1 aliphatic carbocycles. The van der Waals surface area contributed by atoms with Crippen molar-refractivity contribution in [1.82, 2.24) is 0 Å². The van der Waals surface area contributed by atoms with Crippen molar-refractivity contribution >= 4 is 33.2 Å². The smallest absolute Gasteiger partial charge is 0.0642 e. The van der Waals surface area contributed by atoms with Crippen molar-refractivity contribution in [2.24, 2.45) is 5.92 Å². The maximum Gasteiger partial charge on any atom is 0.0642 e. The maximum atomic E-state index is 6.36. The van der Waals surface area contributed by atoms with Crippen LogP contribution in [-0.2, 0) is 5.33 Å². The highest BCUT2D eigenvalue weighted by atomic mass is 79.9. The van der Waals surface area contributed by atoms with Crippen molar-refractivity contribution in [3.8, 4) is 0 Å². The third kappa shape index (κ3) is 1.76. The second-order valence-corrected chi connectivity index (χ2v) is 5.87. The first-order valence-electron chi connectivity index (χ1n) is 5.89. The van der Waals surface area contributed by atoms with E-state index in [0.717, 1.165) is 22.3 Å². The summed E-state index contributed by atoms with van der Waals surface area (Å²) in [6.07, 6.45) is 4.13. The molecule has 0 radical (unpaired) electrons. The van der Waals surface area contributed by atoms with Crippen molar-refractivity contribution < 1.29 is 0 Å². The number of fused-ring (bicyclic) bond motifs is 2. The van der Waals surface area contributed by atoms with E-state index in [1.165, 1.54) is 37.1 Å². The maximum absolute atomic E-state index is 6.36. The van der Waals surface area contributed by atoms with Gasteiger partial charge >= 0.3 is 0 Å². The molecule has 3 rings (SSSR count). The predicted octanol–water partition coefficient (Wildman–Crippen LogP) is 4.22. The van der Waals surface area contributed by atoms with Crippen LogP contribution in [0.4, 0.5) is 5.69 Å². The molecule has 1 saturated heterocycles. The van der Waals surface area contributed by atoms with Crippen LogP contribution in [0, 0.1) is 5.92 Å². The van der Waals surface area contributed by atoms with Crippen LogP contribution in [0.5, 0.6) is 0 Å².